The average Bonchev–Trinajstić information content (AvgIpc) is 2.24. The summed E-state index contributed by atoms with van der Waals surface area (Å²) in [7, 11) is 0. The summed E-state index contributed by atoms with van der Waals surface area (Å²) in [6.07, 6.45) is 6.44. The zero-order chi connectivity index (χ0) is 10.0. The highest BCUT2D eigenvalue weighted by Gasteiger charge is 2.38. The van der Waals surface area contributed by atoms with Crippen molar-refractivity contribution in [1.82, 2.24) is 0 Å². The topological polar surface area (TPSA) is 46.2 Å². The van der Waals surface area contributed by atoms with Gasteiger partial charge in [0.15, 0.2) is 0 Å². The molecule has 14 heavy (non-hydrogen) atoms. The van der Waals surface area contributed by atoms with Crippen LogP contribution >= 0.6 is 11.8 Å². The summed E-state index contributed by atoms with van der Waals surface area (Å²) in [6, 6.07) is 0. The first-order chi connectivity index (χ1) is 6.71. The van der Waals surface area contributed by atoms with Crippen LogP contribution in [-0.2, 0) is 0 Å². The summed E-state index contributed by atoms with van der Waals surface area (Å²) in [5.74, 6) is 3.26. The van der Waals surface area contributed by atoms with Crippen LogP contribution in [0.25, 0.3) is 0 Å². The summed E-state index contributed by atoms with van der Waals surface area (Å²) >= 11 is 2.05. The smallest absolute Gasteiger partial charge is 0.0541 e. The zero-order valence-electron chi connectivity index (χ0n) is 8.74. The lowest BCUT2D eigenvalue weighted by atomic mass is 9.72. The molecule has 0 spiro atoms. The van der Waals surface area contributed by atoms with Crippen LogP contribution in [0.2, 0.25) is 0 Å². The van der Waals surface area contributed by atoms with Crippen molar-refractivity contribution < 1.29 is 5.11 Å². The molecule has 2 nitrogen and oxygen atoms in total. The third-order valence-corrected chi connectivity index (χ3v) is 5.07. The van der Waals surface area contributed by atoms with Crippen molar-refractivity contribution in [3.63, 3.8) is 0 Å². The molecule has 3 heteroatoms. The number of hydrogen-bond acceptors (Lipinski definition) is 3. The summed E-state index contributed by atoms with van der Waals surface area (Å²) in [5, 5.41) is 9.48. The number of aliphatic hydroxyl groups is 1. The predicted molar refractivity (Wildman–Crippen MR) is 61.4 cm³/mol. The maximum absolute atomic E-state index is 9.48. The fourth-order valence-electron chi connectivity index (χ4n) is 2.74. The Hall–Kier alpha value is 0.270. The molecule has 1 unspecified atom stereocenters. The van der Waals surface area contributed by atoms with Crippen LogP contribution in [0.5, 0.6) is 0 Å². The third-order valence-electron chi connectivity index (χ3n) is 3.86. The Labute approximate surface area is 90.6 Å². The standard InChI is InChI=1S/C11H21NOS/c12-11(5-3-10(13)4-6-11)9-2-1-7-14-8-9/h9-10,13H,1-8,12H2. The Morgan fingerprint density at radius 1 is 1.21 bits per heavy atom. The summed E-state index contributed by atoms with van der Waals surface area (Å²) < 4.78 is 0. The van der Waals surface area contributed by atoms with E-state index >= 15 is 0 Å². The van der Waals surface area contributed by atoms with E-state index in [1.165, 1.54) is 24.3 Å². The molecule has 0 aromatic heterocycles. The van der Waals surface area contributed by atoms with Crippen molar-refractivity contribution in [2.45, 2.75) is 50.2 Å². The van der Waals surface area contributed by atoms with Crippen LogP contribution in [-0.4, -0.2) is 28.3 Å². The first-order valence-corrected chi connectivity index (χ1v) is 6.91. The molecule has 0 aromatic carbocycles. The second-order valence-electron chi connectivity index (χ2n) is 4.88. The van der Waals surface area contributed by atoms with Gasteiger partial charge in [0.2, 0.25) is 0 Å². The number of nitrogens with two attached hydrogens (primary N) is 1. The molecule has 1 saturated carbocycles. The van der Waals surface area contributed by atoms with Crippen LogP contribution in [0.3, 0.4) is 0 Å². The minimum atomic E-state index is -0.0806. The van der Waals surface area contributed by atoms with Gasteiger partial charge in [-0.3, -0.25) is 0 Å². The Bertz CT molecular complexity index is 184. The molecule has 1 saturated heterocycles. The summed E-state index contributed by atoms with van der Waals surface area (Å²) in [6.45, 7) is 0. The lowest BCUT2D eigenvalue weighted by molar-refractivity contribution is 0.0764. The van der Waals surface area contributed by atoms with Crippen molar-refractivity contribution in [2.75, 3.05) is 11.5 Å². The molecule has 0 bridgehead atoms. The lowest BCUT2D eigenvalue weighted by Gasteiger charge is -2.43. The number of rotatable bonds is 1. The maximum atomic E-state index is 9.48. The van der Waals surface area contributed by atoms with Crippen LogP contribution in [0.1, 0.15) is 38.5 Å². The highest BCUT2D eigenvalue weighted by molar-refractivity contribution is 7.99. The summed E-state index contributed by atoms with van der Waals surface area (Å²) in [4.78, 5) is 0. The van der Waals surface area contributed by atoms with E-state index in [2.05, 4.69) is 11.8 Å². The zero-order valence-corrected chi connectivity index (χ0v) is 9.56. The molecule has 82 valence electrons. The maximum Gasteiger partial charge on any atom is 0.0541 e. The Morgan fingerprint density at radius 2 is 1.93 bits per heavy atom. The molecule has 0 radical (unpaired) electrons. The average molecular weight is 215 g/mol. The van der Waals surface area contributed by atoms with E-state index in [0.29, 0.717) is 5.92 Å². The van der Waals surface area contributed by atoms with Gasteiger partial charge >= 0.3 is 0 Å². The quantitative estimate of drug-likeness (QED) is 0.700. The first-order valence-electron chi connectivity index (χ1n) is 5.75. The molecule has 1 aliphatic carbocycles. The second-order valence-corrected chi connectivity index (χ2v) is 6.03. The fraction of sp³-hybridized carbons (Fsp3) is 1.00. The normalized spacial score (nSPS) is 45.0. The van der Waals surface area contributed by atoms with Crippen LogP contribution in [0, 0.1) is 5.92 Å². The molecule has 2 fully saturated rings. The molecule has 1 aliphatic heterocycles. The molecule has 1 heterocycles. The minimum Gasteiger partial charge on any atom is -0.393 e. The van der Waals surface area contributed by atoms with Gasteiger partial charge in [-0.05, 0) is 55.9 Å². The molecule has 0 amide bonds. The van der Waals surface area contributed by atoms with Crippen LogP contribution in [0.15, 0.2) is 0 Å². The van der Waals surface area contributed by atoms with Crippen LogP contribution in [0.4, 0.5) is 0 Å². The van der Waals surface area contributed by atoms with Crippen molar-refractivity contribution >= 4 is 11.8 Å². The van der Waals surface area contributed by atoms with Gasteiger partial charge in [-0.1, -0.05) is 0 Å². The van der Waals surface area contributed by atoms with Gasteiger partial charge < -0.3 is 10.8 Å². The number of thioether (sulfide) groups is 1. The van der Waals surface area contributed by atoms with Gasteiger partial charge in [-0.25, -0.2) is 0 Å². The Morgan fingerprint density at radius 3 is 2.50 bits per heavy atom. The minimum absolute atomic E-state index is 0.0483. The van der Waals surface area contributed by atoms with Gasteiger partial charge in [-0.15, -0.1) is 0 Å². The van der Waals surface area contributed by atoms with E-state index < -0.39 is 0 Å². The van der Waals surface area contributed by atoms with Crippen LogP contribution < -0.4 is 5.73 Å². The van der Waals surface area contributed by atoms with Crippen molar-refractivity contribution in [3.05, 3.63) is 0 Å². The SMILES string of the molecule is NC1(C2CCCSC2)CCC(O)CC1. The second kappa shape index (κ2) is 4.42. The monoisotopic (exact) mass is 215 g/mol. The first kappa shape index (κ1) is 10.8. The van der Waals surface area contributed by atoms with E-state index in [1.807, 2.05) is 0 Å². The van der Waals surface area contributed by atoms with Gasteiger partial charge in [0.1, 0.15) is 0 Å². The molecular weight excluding hydrogens is 194 g/mol. The predicted octanol–water partition coefficient (Wildman–Crippen LogP) is 1.76. The number of hydrogen-bond donors (Lipinski definition) is 2. The molecule has 0 aromatic rings. The highest BCUT2D eigenvalue weighted by atomic mass is 32.2. The van der Waals surface area contributed by atoms with Crippen molar-refractivity contribution in [1.29, 1.82) is 0 Å². The third kappa shape index (κ3) is 2.26. The van der Waals surface area contributed by atoms with Gasteiger partial charge in [-0.2, -0.15) is 11.8 Å². The fourth-order valence-corrected chi connectivity index (χ4v) is 4.06. The molecular formula is C11H21NOS. The van der Waals surface area contributed by atoms with E-state index in [9.17, 15) is 5.11 Å². The van der Waals surface area contributed by atoms with Gasteiger partial charge in [0, 0.05) is 5.54 Å². The molecule has 1 atom stereocenters. The Balaban J connectivity index is 1.93. The molecule has 2 rings (SSSR count). The Kier molecular flexibility index (Phi) is 3.40. The van der Waals surface area contributed by atoms with Gasteiger partial charge in [0.05, 0.1) is 6.10 Å². The lowest BCUT2D eigenvalue weighted by Crippen LogP contribution is -2.52. The van der Waals surface area contributed by atoms with Crippen molar-refractivity contribution in [2.24, 2.45) is 11.7 Å². The van der Waals surface area contributed by atoms with E-state index in [1.54, 1.807) is 0 Å². The van der Waals surface area contributed by atoms with E-state index in [4.69, 9.17) is 5.73 Å². The van der Waals surface area contributed by atoms with Crippen molar-refractivity contribution in [3.8, 4) is 0 Å². The number of aliphatic hydroxyl groups excluding tert-OH is 1. The van der Waals surface area contributed by atoms with Gasteiger partial charge in [0.25, 0.3) is 0 Å². The molecule has 3 N–H and O–H groups in total. The van der Waals surface area contributed by atoms with E-state index in [-0.39, 0.29) is 11.6 Å². The molecule has 2 aliphatic rings. The highest BCUT2D eigenvalue weighted by Crippen LogP contribution is 2.38. The summed E-state index contributed by atoms with van der Waals surface area (Å²) in [5.41, 5.74) is 6.52. The van der Waals surface area contributed by atoms with E-state index in [0.717, 1.165) is 25.7 Å². The largest absolute Gasteiger partial charge is 0.393 e.